The molecule has 3 aromatic rings. The van der Waals surface area contributed by atoms with Gasteiger partial charge in [0.15, 0.2) is 11.6 Å². The van der Waals surface area contributed by atoms with Crippen LogP contribution in [0.3, 0.4) is 0 Å². The van der Waals surface area contributed by atoms with Crippen LogP contribution in [0.1, 0.15) is 46.4 Å². The molecule has 0 spiro atoms. The summed E-state index contributed by atoms with van der Waals surface area (Å²) in [5.74, 6) is -2.03. The molecule has 2 aromatic carbocycles. The molecule has 1 aromatic heterocycles. The van der Waals surface area contributed by atoms with Crippen molar-refractivity contribution in [3.8, 4) is 16.9 Å². The first-order valence-corrected chi connectivity index (χ1v) is 11.3. The SMILES string of the molecule is COc1c(F)cc(F)cc1-c1ccc2c(c1COC(=O)c1ccc(C)s1)C(C)=CC(C)(C)N2. The summed E-state index contributed by atoms with van der Waals surface area (Å²) in [6.07, 6.45) is 2.08. The molecule has 1 aliphatic heterocycles. The van der Waals surface area contributed by atoms with Crippen molar-refractivity contribution in [1.29, 1.82) is 0 Å². The van der Waals surface area contributed by atoms with Gasteiger partial charge in [0, 0.05) is 33.3 Å². The van der Waals surface area contributed by atoms with Gasteiger partial charge in [-0.25, -0.2) is 13.6 Å². The lowest BCUT2D eigenvalue weighted by Gasteiger charge is -2.33. The minimum atomic E-state index is -0.797. The Balaban J connectivity index is 1.86. The molecule has 0 saturated heterocycles. The van der Waals surface area contributed by atoms with Crippen molar-refractivity contribution < 1.29 is 23.0 Å². The number of methoxy groups -OCH3 is 1. The minimum absolute atomic E-state index is 0.0662. The molecule has 0 atom stereocenters. The van der Waals surface area contributed by atoms with Gasteiger partial charge >= 0.3 is 5.97 Å². The quantitative estimate of drug-likeness (QED) is 0.410. The molecule has 7 heteroatoms. The van der Waals surface area contributed by atoms with Gasteiger partial charge in [0.1, 0.15) is 17.3 Å². The van der Waals surface area contributed by atoms with Gasteiger partial charge in [-0.3, -0.25) is 0 Å². The lowest BCUT2D eigenvalue weighted by molar-refractivity contribution is 0.0479. The second-order valence-electron chi connectivity index (χ2n) is 8.64. The highest BCUT2D eigenvalue weighted by Crippen LogP contribution is 2.43. The highest BCUT2D eigenvalue weighted by atomic mass is 32.1. The number of halogens is 2. The van der Waals surface area contributed by atoms with E-state index in [9.17, 15) is 13.6 Å². The molecular formula is C26H25F2NO3S. The maximum atomic E-state index is 14.5. The van der Waals surface area contributed by atoms with Crippen LogP contribution in [0.25, 0.3) is 16.7 Å². The van der Waals surface area contributed by atoms with Gasteiger partial charge in [-0.2, -0.15) is 0 Å². The summed E-state index contributed by atoms with van der Waals surface area (Å²) in [5.41, 5.74) is 3.84. The van der Waals surface area contributed by atoms with Crippen molar-refractivity contribution in [2.45, 2.75) is 39.8 Å². The number of esters is 1. The van der Waals surface area contributed by atoms with Crippen LogP contribution in [-0.4, -0.2) is 18.6 Å². The summed E-state index contributed by atoms with van der Waals surface area (Å²) < 4.78 is 39.7. The second kappa shape index (κ2) is 8.63. The van der Waals surface area contributed by atoms with Gasteiger partial charge in [0.05, 0.1) is 12.6 Å². The Morgan fingerprint density at radius 3 is 2.52 bits per heavy atom. The maximum Gasteiger partial charge on any atom is 0.348 e. The van der Waals surface area contributed by atoms with Crippen molar-refractivity contribution in [2.75, 3.05) is 12.4 Å². The van der Waals surface area contributed by atoms with Crippen LogP contribution < -0.4 is 10.1 Å². The standard InChI is InChI=1S/C26H25F2NO3S/c1-14-12-26(3,4)29-21-8-7-17(18-10-16(27)11-20(28)24(18)31-5)19(23(14)21)13-32-25(30)22-9-6-15(2)33-22/h6-12,29H,13H2,1-5H3. The third-order valence-corrected chi connectivity index (χ3v) is 6.51. The first-order chi connectivity index (χ1) is 15.6. The summed E-state index contributed by atoms with van der Waals surface area (Å²) in [6, 6.07) is 9.25. The fourth-order valence-electron chi connectivity index (χ4n) is 4.32. The normalized spacial score (nSPS) is 14.2. The molecule has 0 radical (unpaired) electrons. The van der Waals surface area contributed by atoms with Crippen molar-refractivity contribution in [1.82, 2.24) is 0 Å². The van der Waals surface area contributed by atoms with E-state index in [1.807, 2.05) is 26.0 Å². The number of anilines is 1. The number of fused-ring (bicyclic) bond motifs is 1. The van der Waals surface area contributed by atoms with E-state index in [0.717, 1.165) is 27.8 Å². The van der Waals surface area contributed by atoms with E-state index < -0.39 is 17.6 Å². The molecule has 0 saturated carbocycles. The zero-order chi connectivity index (χ0) is 23.9. The van der Waals surface area contributed by atoms with Crippen molar-refractivity contribution >= 4 is 28.6 Å². The number of carbonyl (C=O) groups is 1. The average Bonchev–Trinajstić information content (AvgIpc) is 3.16. The van der Waals surface area contributed by atoms with Crippen molar-refractivity contribution in [3.63, 3.8) is 0 Å². The van der Waals surface area contributed by atoms with Crippen LogP contribution >= 0.6 is 11.3 Å². The highest BCUT2D eigenvalue weighted by molar-refractivity contribution is 7.13. The second-order valence-corrected chi connectivity index (χ2v) is 9.93. The maximum absolute atomic E-state index is 14.5. The summed E-state index contributed by atoms with van der Waals surface area (Å²) in [6.45, 7) is 7.93. The molecule has 0 fully saturated rings. The van der Waals surface area contributed by atoms with Crippen LogP contribution in [-0.2, 0) is 11.3 Å². The number of carbonyl (C=O) groups excluding carboxylic acids is 1. The summed E-state index contributed by atoms with van der Waals surface area (Å²) >= 11 is 1.35. The topological polar surface area (TPSA) is 47.6 Å². The number of nitrogens with one attached hydrogen (secondary N) is 1. The number of thiophene rings is 1. The predicted octanol–water partition coefficient (Wildman–Crippen LogP) is 6.97. The van der Waals surface area contributed by atoms with Gasteiger partial charge in [-0.05, 0) is 63.1 Å². The van der Waals surface area contributed by atoms with Crippen LogP contribution in [0.4, 0.5) is 14.5 Å². The molecule has 0 amide bonds. The Morgan fingerprint density at radius 1 is 1.09 bits per heavy atom. The zero-order valence-electron chi connectivity index (χ0n) is 19.1. The number of hydrogen-bond acceptors (Lipinski definition) is 5. The molecule has 2 heterocycles. The molecule has 172 valence electrons. The lowest BCUT2D eigenvalue weighted by atomic mass is 9.85. The van der Waals surface area contributed by atoms with Crippen molar-refractivity contribution in [3.05, 3.63) is 75.0 Å². The smallest absolute Gasteiger partial charge is 0.348 e. The molecule has 0 bridgehead atoms. The fourth-order valence-corrected chi connectivity index (χ4v) is 5.08. The molecule has 4 rings (SSSR count). The number of hydrogen-bond donors (Lipinski definition) is 1. The number of rotatable bonds is 5. The van der Waals surface area contributed by atoms with E-state index in [2.05, 4.69) is 25.2 Å². The zero-order valence-corrected chi connectivity index (χ0v) is 20.0. The van der Waals surface area contributed by atoms with E-state index in [4.69, 9.17) is 9.47 Å². The van der Waals surface area contributed by atoms with E-state index in [1.165, 1.54) is 24.5 Å². The van der Waals surface area contributed by atoms with Crippen LogP contribution in [0.15, 0.2) is 42.5 Å². The molecule has 0 aliphatic carbocycles. The van der Waals surface area contributed by atoms with Gasteiger partial charge < -0.3 is 14.8 Å². The first-order valence-electron chi connectivity index (χ1n) is 10.5. The summed E-state index contributed by atoms with van der Waals surface area (Å²) in [4.78, 5) is 14.2. The third-order valence-electron chi connectivity index (χ3n) is 5.53. The molecule has 4 nitrogen and oxygen atoms in total. The molecule has 0 unspecified atom stereocenters. The number of allylic oxidation sites excluding steroid dienone is 1. The number of ether oxygens (including phenoxy) is 2. The Labute approximate surface area is 195 Å². The average molecular weight is 470 g/mol. The molecule has 1 N–H and O–H groups in total. The Morgan fingerprint density at radius 2 is 1.85 bits per heavy atom. The summed E-state index contributed by atoms with van der Waals surface area (Å²) in [5, 5.41) is 3.47. The Kier molecular flexibility index (Phi) is 6.01. The van der Waals surface area contributed by atoms with E-state index in [1.54, 1.807) is 12.1 Å². The van der Waals surface area contributed by atoms with Crippen molar-refractivity contribution in [2.24, 2.45) is 0 Å². The van der Waals surface area contributed by atoms with Crippen LogP contribution in [0.5, 0.6) is 5.75 Å². The van der Waals surface area contributed by atoms with E-state index in [-0.39, 0.29) is 23.5 Å². The van der Waals surface area contributed by atoms with Crippen LogP contribution in [0, 0.1) is 18.6 Å². The Hall–Kier alpha value is -3.19. The largest absolute Gasteiger partial charge is 0.493 e. The third kappa shape index (κ3) is 4.50. The molecular weight excluding hydrogens is 444 g/mol. The minimum Gasteiger partial charge on any atom is -0.493 e. The van der Waals surface area contributed by atoms with E-state index >= 15 is 0 Å². The number of benzene rings is 2. The predicted molar refractivity (Wildman–Crippen MR) is 128 cm³/mol. The van der Waals surface area contributed by atoms with Gasteiger partial charge in [-0.1, -0.05) is 12.1 Å². The summed E-state index contributed by atoms with van der Waals surface area (Å²) in [7, 11) is 1.34. The van der Waals surface area contributed by atoms with Gasteiger partial charge in [-0.15, -0.1) is 11.3 Å². The van der Waals surface area contributed by atoms with Crippen LogP contribution in [0.2, 0.25) is 0 Å². The highest BCUT2D eigenvalue weighted by Gasteiger charge is 2.28. The monoisotopic (exact) mass is 469 g/mol. The first kappa shape index (κ1) is 23.0. The van der Waals surface area contributed by atoms with Gasteiger partial charge in [0.2, 0.25) is 0 Å². The number of aryl methyl sites for hydroxylation is 1. The van der Waals surface area contributed by atoms with E-state index in [0.29, 0.717) is 16.0 Å². The van der Waals surface area contributed by atoms with Gasteiger partial charge in [0.25, 0.3) is 0 Å². The Bertz CT molecular complexity index is 1280. The lowest BCUT2D eigenvalue weighted by Crippen LogP contribution is -2.32. The molecule has 33 heavy (non-hydrogen) atoms. The fraction of sp³-hybridized carbons (Fsp3) is 0.269. The molecule has 1 aliphatic rings.